The van der Waals surface area contributed by atoms with E-state index in [0.29, 0.717) is 23.1 Å². The van der Waals surface area contributed by atoms with Crippen LogP contribution in [0.25, 0.3) is 0 Å². The van der Waals surface area contributed by atoms with Gasteiger partial charge in [0.05, 0.1) is 13.3 Å². The molecule has 2 N–H and O–H groups in total. The van der Waals surface area contributed by atoms with Crippen LogP contribution in [0.1, 0.15) is 30.5 Å². The number of ether oxygens (including phenoxy) is 2. The van der Waals surface area contributed by atoms with Gasteiger partial charge in [0, 0.05) is 24.8 Å². The van der Waals surface area contributed by atoms with Gasteiger partial charge in [-0.1, -0.05) is 0 Å². The van der Waals surface area contributed by atoms with Gasteiger partial charge in [-0.3, -0.25) is 4.79 Å². The summed E-state index contributed by atoms with van der Waals surface area (Å²) in [4.78, 5) is 23.0. The van der Waals surface area contributed by atoms with Crippen LogP contribution in [0.2, 0.25) is 0 Å². The number of piperidine rings is 1. The van der Waals surface area contributed by atoms with Crippen LogP contribution in [0, 0.1) is 6.92 Å². The highest BCUT2D eigenvalue weighted by Crippen LogP contribution is 2.25. The molecule has 0 atom stereocenters. The number of phenols is 1. The molecule has 0 aliphatic carbocycles. The van der Waals surface area contributed by atoms with Crippen molar-refractivity contribution >= 4 is 18.1 Å². The fourth-order valence-corrected chi connectivity index (χ4v) is 2.96. The molecule has 3 rings (SSSR count). The van der Waals surface area contributed by atoms with Gasteiger partial charge in [0.15, 0.2) is 18.1 Å². The first-order chi connectivity index (χ1) is 14.0. The average Bonchev–Trinajstić information content (AvgIpc) is 2.73. The zero-order valence-corrected chi connectivity index (χ0v) is 16.6. The first-order valence-electron chi connectivity index (χ1n) is 9.47. The van der Waals surface area contributed by atoms with Crippen molar-refractivity contribution < 1.29 is 19.4 Å². The molecule has 0 spiro atoms. The number of methoxy groups -OCH3 is 1. The molecule has 1 aliphatic rings. The lowest BCUT2D eigenvalue weighted by Gasteiger charge is -2.26. The van der Waals surface area contributed by atoms with E-state index >= 15 is 0 Å². The molecular weight excluding hydrogens is 374 g/mol. The van der Waals surface area contributed by atoms with Gasteiger partial charge >= 0.3 is 0 Å². The molecule has 1 fully saturated rings. The Balaban J connectivity index is 1.53. The zero-order valence-electron chi connectivity index (χ0n) is 16.6. The maximum Gasteiger partial charge on any atom is 0.278 e. The molecule has 154 valence electrons. The number of hydrazone groups is 1. The van der Waals surface area contributed by atoms with Gasteiger partial charge in [0.1, 0.15) is 0 Å². The maximum absolute atomic E-state index is 12.0. The Morgan fingerprint density at radius 3 is 2.83 bits per heavy atom. The number of carbonyl (C=O) groups is 1. The summed E-state index contributed by atoms with van der Waals surface area (Å²) in [6.45, 7) is 3.52. The minimum absolute atomic E-state index is 0.0335. The van der Waals surface area contributed by atoms with Crippen molar-refractivity contribution in [2.75, 3.05) is 31.7 Å². The van der Waals surface area contributed by atoms with Crippen LogP contribution in [-0.4, -0.2) is 54.0 Å². The van der Waals surface area contributed by atoms with Crippen molar-refractivity contribution in [2.24, 2.45) is 5.10 Å². The van der Waals surface area contributed by atoms with Crippen LogP contribution in [0.4, 0.5) is 5.95 Å². The third-order valence-electron chi connectivity index (χ3n) is 4.42. The standard InChI is InChI=1S/C20H25N5O4/c1-14-10-19(23-20(22-14)25-8-4-3-5-9-25)29-13-18(27)24-21-12-15-6-7-16(26)17(11-15)28-2/h6-7,10-12,26H,3-5,8-9,13H2,1-2H3,(H,24,27). The van der Waals surface area contributed by atoms with Gasteiger partial charge in [0.25, 0.3) is 5.91 Å². The molecule has 1 aliphatic heterocycles. The topological polar surface area (TPSA) is 109 Å². The fraction of sp³-hybridized carbons (Fsp3) is 0.400. The summed E-state index contributed by atoms with van der Waals surface area (Å²) < 4.78 is 10.5. The number of hydrogen-bond acceptors (Lipinski definition) is 8. The lowest BCUT2D eigenvalue weighted by atomic mass is 10.1. The first kappa shape index (κ1) is 20.4. The van der Waals surface area contributed by atoms with E-state index in [9.17, 15) is 9.90 Å². The summed E-state index contributed by atoms with van der Waals surface area (Å²) in [5, 5.41) is 13.5. The normalized spacial score (nSPS) is 14.1. The van der Waals surface area contributed by atoms with Gasteiger partial charge in [-0.2, -0.15) is 10.1 Å². The summed E-state index contributed by atoms with van der Waals surface area (Å²) in [6.07, 6.45) is 4.92. The highest BCUT2D eigenvalue weighted by Gasteiger charge is 2.15. The van der Waals surface area contributed by atoms with Crippen molar-refractivity contribution in [2.45, 2.75) is 26.2 Å². The molecule has 1 aromatic heterocycles. The van der Waals surface area contributed by atoms with E-state index in [1.54, 1.807) is 18.2 Å². The van der Waals surface area contributed by atoms with E-state index in [1.807, 2.05) is 6.92 Å². The smallest absolute Gasteiger partial charge is 0.278 e. The Hall–Kier alpha value is -3.36. The Morgan fingerprint density at radius 2 is 2.07 bits per heavy atom. The fourth-order valence-electron chi connectivity index (χ4n) is 2.96. The van der Waals surface area contributed by atoms with Crippen LogP contribution in [0.5, 0.6) is 17.4 Å². The SMILES string of the molecule is COc1cc(C=NNC(=O)COc2cc(C)nc(N3CCCCC3)n2)ccc1O. The number of carbonyl (C=O) groups excluding carboxylic acids is 1. The van der Waals surface area contributed by atoms with E-state index in [1.165, 1.54) is 25.8 Å². The van der Waals surface area contributed by atoms with E-state index in [2.05, 4.69) is 25.4 Å². The number of aryl methyl sites for hydroxylation is 1. The molecule has 0 saturated carbocycles. The molecule has 0 bridgehead atoms. The quantitative estimate of drug-likeness (QED) is 0.541. The lowest BCUT2D eigenvalue weighted by molar-refractivity contribution is -0.123. The number of amides is 1. The number of phenolic OH excluding ortho intramolecular Hbond substituents is 1. The van der Waals surface area contributed by atoms with Crippen LogP contribution < -0.4 is 19.8 Å². The zero-order chi connectivity index (χ0) is 20.6. The highest BCUT2D eigenvalue weighted by atomic mass is 16.5. The second-order valence-electron chi connectivity index (χ2n) is 6.71. The third-order valence-corrected chi connectivity index (χ3v) is 4.42. The molecule has 1 saturated heterocycles. The Bertz CT molecular complexity index is 881. The van der Waals surface area contributed by atoms with Crippen molar-refractivity contribution in [3.8, 4) is 17.4 Å². The van der Waals surface area contributed by atoms with E-state index in [0.717, 1.165) is 31.6 Å². The molecule has 2 heterocycles. The van der Waals surface area contributed by atoms with Gasteiger partial charge < -0.3 is 19.5 Å². The number of aromatic hydroxyl groups is 1. The summed E-state index contributed by atoms with van der Waals surface area (Å²) >= 11 is 0. The van der Waals surface area contributed by atoms with E-state index < -0.39 is 5.91 Å². The molecule has 9 heteroatoms. The monoisotopic (exact) mass is 399 g/mol. The molecule has 2 aromatic rings. The third kappa shape index (κ3) is 5.81. The summed E-state index contributed by atoms with van der Waals surface area (Å²) in [7, 11) is 1.46. The minimum Gasteiger partial charge on any atom is -0.504 e. The van der Waals surface area contributed by atoms with E-state index in [4.69, 9.17) is 9.47 Å². The molecule has 1 aromatic carbocycles. The van der Waals surface area contributed by atoms with Gasteiger partial charge in [-0.25, -0.2) is 10.4 Å². The number of nitrogens with zero attached hydrogens (tertiary/aromatic N) is 4. The van der Waals surface area contributed by atoms with Gasteiger partial charge in [0.2, 0.25) is 11.8 Å². The Morgan fingerprint density at radius 1 is 1.28 bits per heavy atom. The first-order valence-corrected chi connectivity index (χ1v) is 9.47. The Labute approximate surface area is 169 Å². The van der Waals surface area contributed by atoms with Crippen molar-refractivity contribution in [3.63, 3.8) is 0 Å². The summed E-state index contributed by atoms with van der Waals surface area (Å²) in [5.74, 6) is 0.945. The van der Waals surface area contributed by atoms with E-state index in [-0.39, 0.29) is 12.4 Å². The van der Waals surface area contributed by atoms with Gasteiger partial charge in [-0.15, -0.1) is 0 Å². The average molecular weight is 399 g/mol. The predicted octanol–water partition coefficient (Wildman–Crippen LogP) is 2.02. The summed E-state index contributed by atoms with van der Waals surface area (Å²) in [6, 6.07) is 6.44. The van der Waals surface area contributed by atoms with Crippen LogP contribution in [0.15, 0.2) is 29.4 Å². The maximum atomic E-state index is 12.0. The minimum atomic E-state index is -0.414. The highest BCUT2D eigenvalue weighted by molar-refractivity contribution is 5.83. The van der Waals surface area contributed by atoms with Crippen molar-refractivity contribution in [3.05, 3.63) is 35.5 Å². The molecule has 0 unspecified atom stereocenters. The molecule has 29 heavy (non-hydrogen) atoms. The molecular formula is C20H25N5O4. The van der Waals surface area contributed by atoms with Crippen LogP contribution in [-0.2, 0) is 4.79 Å². The van der Waals surface area contributed by atoms with Crippen molar-refractivity contribution in [1.82, 2.24) is 15.4 Å². The lowest BCUT2D eigenvalue weighted by Crippen LogP contribution is -2.31. The molecule has 1 amide bonds. The number of benzene rings is 1. The number of aromatic nitrogens is 2. The summed E-state index contributed by atoms with van der Waals surface area (Å²) in [5.41, 5.74) is 3.85. The molecule has 0 radical (unpaired) electrons. The largest absolute Gasteiger partial charge is 0.504 e. The Kier molecular flexibility index (Phi) is 6.83. The van der Waals surface area contributed by atoms with Crippen molar-refractivity contribution in [1.29, 1.82) is 0 Å². The number of nitrogens with one attached hydrogen (secondary N) is 1. The number of hydrogen-bond donors (Lipinski definition) is 2. The number of rotatable bonds is 7. The predicted molar refractivity (Wildman–Crippen MR) is 109 cm³/mol. The number of anilines is 1. The second kappa shape index (κ2) is 9.72. The second-order valence-corrected chi connectivity index (χ2v) is 6.71. The van der Waals surface area contributed by atoms with Gasteiger partial charge in [-0.05, 0) is 49.9 Å². The van der Waals surface area contributed by atoms with Crippen LogP contribution in [0.3, 0.4) is 0 Å². The van der Waals surface area contributed by atoms with Crippen LogP contribution >= 0.6 is 0 Å². The molecule has 9 nitrogen and oxygen atoms in total.